The highest BCUT2D eigenvalue weighted by molar-refractivity contribution is 5.97. The highest BCUT2D eigenvalue weighted by Crippen LogP contribution is 2.25. The van der Waals surface area contributed by atoms with Gasteiger partial charge in [-0.15, -0.1) is 0 Å². The largest absolute Gasteiger partial charge is 0.496 e. The molecule has 1 aromatic rings. The molecule has 0 saturated carbocycles. The maximum absolute atomic E-state index is 11.2. The summed E-state index contributed by atoms with van der Waals surface area (Å²) in [5.41, 5.74) is 1.23. The second kappa shape index (κ2) is 4.50. The molecular weight excluding hydrogens is 180 g/mol. The third kappa shape index (κ3) is 2.16. The molecule has 0 aromatic heterocycles. The number of ether oxygens (including phenoxy) is 1. The van der Waals surface area contributed by atoms with E-state index in [2.05, 4.69) is 10.2 Å². The molecule has 1 rings (SSSR count). The van der Waals surface area contributed by atoms with Gasteiger partial charge in [-0.3, -0.25) is 4.79 Å². The maximum atomic E-state index is 11.2. The van der Waals surface area contributed by atoms with Gasteiger partial charge in [0.05, 0.1) is 18.4 Å². The van der Waals surface area contributed by atoms with E-state index in [1.807, 2.05) is 0 Å². The predicted octanol–water partition coefficient (Wildman–Crippen LogP) is 2.61. The van der Waals surface area contributed by atoms with E-state index in [0.29, 0.717) is 17.0 Å². The summed E-state index contributed by atoms with van der Waals surface area (Å²) in [4.78, 5) is 11.2. The fourth-order valence-corrected chi connectivity index (χ4v) is 1.15. The van der Waals surface area contributed by atoms with Gasteiger partial charge in [-0.05, 0) is 19.1 Å². The number of hydrogen-bond acceptors (Lipinski definition) is 4. The molecule has 0 unspecified atom stereocenters. The van der Waals surface area contributed by atoms with Gasteiger partial charge in [0.1, 0.15) is 5.75 Å². The smallest absolute Gasteiger partial charge is 0.163 e. The maximum Gasteiger partial charge on any atom is 0.163 e. The number of hydrogen-bond donors (Lipinski definition) is 0. The lowest BCUT2D eigenvalue weighted by molar-refractivity contribution is 0.101. The summed E-state index contributed by atoms with van der Waals surface area (Å²) in [6.07, 6.45) is 0. The fraction of sp³-hybridized carbons (Fsp3) is 0.300. The normalized spacial score (nSPS) is 10.5. The molecule has 4 heteroatoms. The van der Waals surface area contributed by atoms with Crippen molar-refractivity contribution in [3.05, 3.63) is 23.8 Å². The monoisotopic (exact) mass is 192 g/mol. The van der Waals surface area contributed by atoms with Crippen molar-refractivity contribution < 1.29 is 9.53 Å². The van der Waals surface area contributed by atoms with Crippen molar-refractivity contribution in [3.63, 3.8) is 0 Å². The predicted molar refractivity (Wildman–Crippen MR) is 53.4 cm³/mol. The molecule has 4 nitrogen and oxygen atoms in total. The summed E-state index contributed by atoms with van der Waals surface area (Å²) in [7, 11) is 3.11. The quantitative estimate of drug-likeness (QED) is 0.546. The van der Waals surface area contributed by atoms with Crippen LogP contribution in [-0.4, -0.2) is 19.9 Å². The molecular formula is C10H12N2O2. The molecule has 0 radical (unpaired) electrons. The van der Waals surface area contributed by atoms with Crippen LogP contribution in [0.25, 0.3) is 0 Å². The number of carbonyl (C=O) groups is 1. The first kappa shape index (κ1) is 10.4. The van der Waals surface area contributed by atoms with Crippen LogP contribution in [0.5, 0.6) is 5.75 Å². The minimum absolute atomic E-state index is 0.0261. The van der Waals surface area contributed by atoms with Gasteiger partial charge in [0.25, 0.3) is 0 Å². The summed E-state index contributed by atoms with van der Waals surface area (Å²) < 4.78 is 5.07. The Labute approximate surface area is 82.6 Å². The number of Topliss-reactive ketones (excluding diaryl/α,β-unsaturated/α-hetero) is 1. The van der Waals surface area contributed by atoms with Crippen molar-refractivity contribution in [2.45, 2.75) is 6.92 Å². The highest BCUT2D eigenvalue weighted by atomic mass is 16.5. The van der Waals surface area contributed by atoms with Crippen LogP contribution in [0.1, 0.15) is 17.3 Å². The average Bonchev–Trinajstić information content (AvgIpc) is 2.17. The van der Waals surface area contributed by atoms with Gasteiger partial charge in [0, 0.05) is 13.1 Å². The number of carbonyl (C=O) groups excluding carboxylic acids is 1. The van der Waals surface area contributed by atoms with Crippen LogP contribution in [0, 0.1) is 0 Å². The van der Waals surface area contributed by atoms with Crippen LogP contribution >= 0.6 is 0 Å². The van der Waals surface area contributed by atoms with E-state index in [-0.39, 0.29) is 5.78 Å². The topological polar surface area (TPSA) is 51.0 Å². The zero-order chi connectivity index (χ0) is 10.6. The number of methoxy groups -OCH3 is 1. The van der Waals surface area contributed by atoms with Crippen LogP contribution in [0.2, 0.25) is 0 Å². The summed E-state index contributed by atoms with van der Waals surface area (Å²) in [5, 5.41) is 7.49. The minimum atomic E-state index is -0.0261. The number of rotatable bonds is 3. The van der Waals surface area contributed by atoms with E-state index in [1.165, 1.54) is 14.0 Å². The van der Waals surface area contributed by atoms with Crippen molar-refractivity contribution in [3.8, 4) is 5.75 Å². The summed E-state index contributed by atoms with van der Waals surface area (Å²) in [5.74, 6) is 0.504. The van der Waals surface area contributed by atoms with Crippen LogP contribution in [0.3, 0.4) is 0 Å². The van der Waals surface area contributed by atoms with Gasteiger partial charge in [-0.25, -0.2) is 0 Å². The lowest BCUT2D eigenvalue weighted by atomic mass is 10.1. The molecule has 74 valence electrons. The van der Waals surface area contributed by atoms with Crippen LogP contribution in [0.4, 0.5) is 5.69 Å². The molecule has 0 bridgehead atoms. The van der Waals surface area contributed by atoms with Crippen molar-refractivity contribution >= 4 is 11.5 Å². The minimum Gasteiger partial charge on any atom is -0.496 e. The molecule has 0 N–H and O–H groups in total. The standard InChI is InChI=1S/C10H12N2O2/c1-7(13)9-5-4-8(12-11-2)6-10(9)14-3/h4-6H,1-3H3/b12-11+. The first-order chi connectivity index (χ1) is 6.69. The van der Waals surface area contributed by atoms with Crippen LogP contribution in [-0.2, 0) is 0 Å². The third-order valence-electron chi connectivity index (χ3n) is 1.78. The Morgan fingerprint density at radius 1 is 1.43 bits per heavy atom. The Morgan fingerprint density at radius 3 is 2.64 bits per heavy atom. The second-order valence-corrected chi connectivity index (χ2v) is 2.74. The van der Waals surface area contributed by atoms with E-state index in [0.717, 1.165) is 0 Å². The summed E-state index contributed by atoms with van der Waals surface area (Å²) in [6, 6.07) is 5.10. The van der Waals surface area contributed by atoms with E-state index in [9.17, 15) is 4.79 Å². The lowest BCUT2D eigenvalue weighted by Crippen LogP contribution is -1.96. The van der Waals surface area contributed by atoms with Gasteiger partial charge in [-0.2, -0.15) is 10.2 Å². The molecule has 0 atom stereocenters. The third-order valence-corrected chi connectivity index (χ3v) is 1.78. The van der Waals surface area contributed by atoms with E-state index < -0.39 is 0 Å². The van der Waals surface area contributed by atoms with E-state index in [1.54, 1.807) is 25.2 Å². The van der Waals surface area contributed by atoms with Gasteiger partial charge in [-0.1, -0.05) is 0 Å². The molecule has 0 aliphatic carbocycles. The van der Waals surface area contributed by atoms with Crippen molar-refractivity contribution in [2.75, 3.05) is 14.2 Å². The Hall–Kier alpha value is -1.71. The molecule has 0 heterocycles. The Kier molecular flexibility index (Phi) is 3.34. The summed E-state index contributed by atoms with van der Waals surface area (Å²) in [6.45, 7) is 1.50. The first-order valence-corrected chi connectivity index (χ1v) is 4.18. The van der Waals surface area contributed by atoms with Crippen LogP contribution in [0.15, 0.2) is 28.4 Å². The molecule has 0 aliphatic heterocycles. The SMILES string of the molecule is C/N=N/c1ccc(C(C)=O)c(OC)c1. The van der Waals surface area contributed by atoms with Gasteiger partial charge >= 0.3 is 0 Å². The average molecular weight is 192 g/mol. The molecule has 1 aromatic carbocycles. The first-order valence-electron chi connectivity index (χ1n) is 4.18. The summed E-state index contributed by atoms with van der Waals surface area (Å²) >= 11 is 0. The Balaban J connectivity index is 3.17. The number of azo groups is 1. The molecule has 0 amide bonds. The van der Waals surface area contributed by atoms with Crippen molar-refractivity contribution in [1.29, 1.82) is 0 Å². The lowest BCUT2D eigenvalue weighted by Gasteiger charge is -2.05. The number of nitrogens with zero attached hydrogens (tertiary/aromatic N) is 2. The van der Waals surface area contributed by atoms with Crippen LogP contribution < -0.4 is 4.74 Å². The second-order valence-electron chi connectivity index (χ2n) is 2.74. The van der Waals surface area contributed by atoms with Gasteiger partial charge in [0.2, 0.25) is 0 Å². The number of benzene rings is 1. The zero-order valence-corrected chi connectivity index (χ0v) is 8.44. The molecule has 0 saturated heterocycles. The Bertz CT molecular complexity index is 372. The zero-order valence-electron chi connectivity index (χ0n) is 8.44. The number of ketones is 1. The molecule has 0 fully saturated rings. The van der Waals surface area contributed by atoms with Gasteiger partial charge < -0.3 is 4.74 Å². The van der Waals surface area contributed by atoms with Crippen molar-refractivity contribution in [2.24, 2.45) is 10.2 Å². The van der Waals surface area contributed by atoms with Crippen molar-refractivity contribution in [1.82, 2.24) is 0 Å². The fourth-order valence-electron chi connectivity index (χ4n) is 1.15. The molecule has 0 aliphatic rings. The van der Waals surface area contributed by atoms with Gasteiger partial charge in [0.15, 0.2) is 5.78 Å². The Morgan fingerprint density at radius 2 is 2.14 bits per heavy atom. The molecule has 0 spiro atoms. The van der Waals surface area contributed by atoms with E-state index in [4.69, 9.17) is 4.74 Å². The van der Waals surface area contributed by atoms with E-state index >= 15 is 0 Å². The molecule has 14 heavy (non-hydrogen) atoms. The highest BCUT2D eigenvalue weighted by Gasteiger charge is 2.07.